The van der Waals surface area contributed by atoms with Crippen LogP contribution in [-0.4, -0.2) is 48.2 Å². The molecule has 3 rings (SSSR count). The lowest BCUT2D eigenvalue weighted by atomic mass is 10.0. The monoisotopic (exact) mass is 540 g/mol. The first kappa shape index (κ1) is 25.5. The number of aliphatic hydroxyl groups excluding tert-OH is 1. The molecular formula is C24H34FIN4O. The molecule has 1 saturated heterocycles. The van der Waals surface area contributed by atoms with Crippen LogP contribution in [0.25, 0.3) is 0 Å². The fourth-order valence-corrected chi connectivity index (χ4v) is 3.67. The van der Waals surface area contributed by atoms with Crippen LogP contribution in [0, 0.1) is 12.7 Å². The first-order valence-corrected chi connectivity index (χ1v) is 10.8. The summed E-state index contributed by atoms with van der Waals surface area (Å²) in [6, 6.07) is 15.0. The van der Waals surface area contributed by atoms with Gasteiger partial charge in [0.25, 0.3) is 0 Å². The van der Waals surface area contributed by atoms with Crippen LogP contribution < -0.4 is 10.6 Å². The minimum Gasteiger partial charge on any atom is -0.386 e. The van der Waals surface area contributed by atoms with E-state index in [0.29, 0.717) is 12.6 Å². The van der Waals surface area contributed by atoms with Crippen molar-refractivity contribution in [3.63, 3.8) is 0 Å². The van der Waals surface area contributed by atoms with E-state index in [0.717, 1.165) is 56.1 Å². The molecule has 1 unspecified atom stereocenters. The second-order valence-corrected chi connectivity index (χ2v) is 7.97. The predicted molar refractivity (Wildman–Crippen MR) is 135 cm³/mol. The third-order valence-electron chi connectivity index (χ3n) is 5.48. The van der Waals surface area contributed by atoms with Crippen molar-refractivity contribution in [2.24, 2.45) is 4.99 Å². The third kappa shape index (κ3) is 8.38. The van der Waals surface area contributed by atoms with E-state index in [4.69, 9.17) is 0 Å². The molecule has 0 aliphatic carbocycles. The van der Waals surface area contributed by atoms with Crippen LogP contribution in [0.15, 0.2) is 53.5 Å². The van der Waals surface area contributed by atoms with Gasteiger partial charge in [-0.3, -0.25) is 9.89 Å². The lowest BCUT2D eigenvalue weighted by molar-refractivity contribution is 0.186. The Labute approximate surface area is 202 Å². The normalized spacial score (nSPS) is 16.5. The van der Waals surface area contributed by atoms with E-state index >= 15 is 0 Å². The van der Waals surface area contributed by atoms with E-state index in [-0.39, 0.29) is 29.8 Å². The Kier molecular flexibility index (Phi) is 10.7. The largest absolute Gasteiger partial charge is 0.386 e. The van der Waals surface area contributed by atoms with Crippen LogP contribution in [0.2, 0.25) is 0 Å². The zero-order valence-corrected chi connectivity index (χ0v) is 20.7. The van der Waals surface area contributed by atoms with Crippen LogP contribution in [-0.2, 0) is 6.54 Å². The van der Waals surface area contributed by atoms with Gasteiger partial charge >= 0.3 is 0 Å². The van der Waals surface area contributed by atoms with Gasteiger partial charge in [0.05, 0.1) is 12.6 Å². The Morgan fingerprint density at radius 3 is 2.39 bits per heavy atom. The van der Waals surface area contributed by atoms with Crippen molar-refractivity contribution in [3.05, 3.63) is 71.0 Å². The lowest BCUT2D eigenvalue weighted by Crippen LogP contribution is -2.48. The number of likely N-dealkylation sites (tertiary alicyclic amines) is 1. The summed E-state index contributed by atoms with van der Waals surface area (Å²) in [7, 11) is 0. The van der Waals surface area contributed by atoms with Gasteiger partial charge in [0.1, 0.15) is 5.82 Å². The van der Waals surface area contributed by atoms with Crippen molar-refractivity contribution in [3.8, 4) is 0 Å². The lowest BCUT2D eigenvalue weighted by Gasteiger charge is -2.33. The van der Waals surface area contributed by atoms with Crippen LogP contribution in [0.5, 0.6) is 0 Å². The molecule has 0 spiro atoms. The highest BCUT2D eigenvalue weighted by Crippen LogP contribution is 2.16. The van der Waals surface area contributed by atoms with Gasteiger partial charge in [0.15, 0.2) is 5.96 Å². The van der Waals surface area contributed by atoms with Gasteiger partial charge in [-0.25, -0.2) is 4.39 Å². The van der Waals surface area contributed by atoms with E-state index in [1.54, 1.807) is 0 Å². The summed E-state index contributed by atoms with van der Waals surface area (Å²) in [4.78, 5) is 7.00. The number of benzene rings is 2. The highest BCUT2D eigenvalue weighted by atomic mass is 127. The number of piperidine rings is 1. The summed E-state index contributed by atoms with van der Waals surface area (Å²) in [6.45, 7) is 7.99. The number of nitrogens with one attached hydrogen (secondary N) is 2. The highest BCUT2D eigenvalue weighted by Gasteiger charge is 2.20. The molecule has 3 N–H and O–H groups in total. The van der Waals surface area contributed by atoms with Crippen LogP contribution in [0.4, 0.5) is 4.39 Å². The Hall–Kier alpha value is -1.71. The molecule has 1 aliphatic heterocycles. The van der Waals surface area contributed by atoms with Crippen molar-refractivity contribution in [1.29, 1.82) is 0 Å². The van der Waals surface area contributed by atoms with Crippen molar-refractivity contribution >= 4 is 29.9 Å². The van der Waals surface area contributed by atoms with E-state index in [1.807, 2.05) is 50.2 Å². The van der Waals surface area contributed by atoms with Gasteiger partial charge in [0.2, 0.25) is 0 Å². The minimum atomic E-state index is -0.612. The number of aryl methyl sites for hydroxylation is 1. The van der Waals surface area contributed by atoms with Crippen molar-refractivity contribution in [2.45, 2.75) is 45.4 Å². The Morgan fingerprint density at radius 2 is 1.77 bits per heavy atom. The summed E-state index contributed by atoms with van der Waals surface area (Å²) in [5.74, 6) is 0.560. The molecule has 1 fully saturated rings. The molecule has 0 saturated carbocycles. The number of hydrogen-bond acceptors (Lipinski definition) is 3. The molecule has 0 radical (unpaired) electrons. The summed E-state index contributed by atoms with van der Waals surface area (Å²) in [5.41, 5.74) is 3.20. The van der Waals surface area contributed by atoms with Crippen molar-refractivity contribution in [1.82, 2.24) is 15.5 Å². The number of guanidine groups is 1. The average molecular weight is 540 g/mol. The van der Waals surface area contributed by atoms with Gasteiger partial charge < -0.3 is 15.7 Å². The number of rotatable bonds is 7. The molecule has 1 heterocycles. The van der Waals surface area contributed by atoms with Gasteiger partial charge in [-0.05, 0) is 49.9 Å². The Bertz CT molecular complexity index is 805. The first-order chi connectivity index (χ1) is 14.5. The summed E-state index contributed by atoms with van der Waals surface area (Å²) in [5, 5.41) is 17.2. The van der Waals surface area contributed by atoms with E-state index in [2.05, 4.69) is 20.5 Å². The zero-order chi connectivity index (χ0) is 21.3. The van der Waals surface area contributed by atoms with E-state index in [1.165, 1.54) is 17.7 Å². The molecule has 7 heteroatoms. The van der Waals surface area contributed by atoms with Crippen LogP contribution >= 0.6 is 24.0 Å². The molecular weight excluding hydrogens is 506 g/mol. The number of hydrogen-bond donors (Lipinski definition) is 3. The van der Waals surface area contributed by atoms with Gasteiger partial charge in [-0.15, -0.1) is 24.0 Å². The minimum absolute atomic E-state index is 0. The van der Waals surface area contributed by atoms with Gasteiger partial charge in [-0.1, -0.05) is 42.0 Å². The summed E-state index contributed by atoms with van der Waals surface area (Å²) < 4.78 is 13.1. The third-order valence-corrected chi connectivity index (χ3v) is 5.48. The second-order valence-electron chi connectivity index (χ2n) is 7.97. The smallest absolute Gasteiger partial charge is 0.191 e. The summed E-state index contributed by atoms with van der Waals surface area (Å²) in [6.07, 6.45) is 1.43. The number of aliphatic hydroxyl groups is 1. The molecule has 2 aromatic carbocycles. The molecule has 5 nitrogen and oxygen atoms in total. The number of halogens is 2. The summed E-state index contributed by atoms with van der Waals surface area (Å²) >= 11 is 0. The maximum atomic E-state index is 13.1. The SMILES string of the molecule is CCNC(=NCC(O)c1ccc(C)cc1)NC1CCN(Cc2ccc(F)cc2)CC1.I. The maximum absolute atomic E-state index is 13.1. The maximum Gasteiger partial charge on any atom is 0.191 e. The fraction of sp³-hybridized carbons (Fsp3) is 0.458. The molecule has 1 atom stereocenters. The van der Waals surface area contributed by atoms with Crippen molar-refractivity contribution < 1.29 is 9.50 Å². The van der Waals surface area contributed by atoms with Gasteiger partial charge in [0, 0.05) is 32.2 Å². The van der Waals surface area contributed by atoms with E-state index < -0.39 is 6.10 Å². The molecule has 0 bridgehead atoms. The standard InChI is InChI=1S/C24H33FN4O.HI/c1-3-26-24(27-16-23(30)20-8-4-18(2)5-9-20)28-22-12-14-29(15-13-22)17-19-6-10-21(25)11-7-19;/h4-11,22-23,30H,3,12-17H2,1-2H3,(H2,26,27,28);1H. The number of nitrogens with zero attached hydrogens (tertiary/aromatic N) is 2. The zero-order valence-electron chi connectivity index (χ0n) is 18.4. The molecule has 2 aromatic rings. The predicted octanol–water partition coefficient (Wildman–Crippen LogP) is 4.01. The van der Waals surface area contributed by atoms with E-state index in [9.17, 15) is 9.50 Å². The Balaban J connectivity index is 0.00000341. The van der Waals surface area contributed by atoms with Crippen molar-refractivity contribution in [2.75, 3.05) is 26.2 Å². The molecule has 1 aliphatic rings. The molecule has 0 aromatic heterocycles. The molecule has 170 valence electrons. The number of aliphatic imine (C=N–C) groups is 1. The quantitative estimate of drug-likeness (QED) is 0.282. The Morgan fingerprint density at radius 1 is 1.13 bits per heavy atom. The van der Waals surface area contributed by atoms with Gasteiger partial charge in [-0.2, -0.15) is 0 Å². The highest BCUT2D eigenvalue weighted by molar-refractivity contribution is 14.0. The molecule has 0 amide bonds. The topological polar surface area (TPSA) is 59.9 Å². The first-order valence-electron chi connectivity index (χ1n) is 10.8. The second kappa shape index (κ2) is 13.0. The fourth-order valence-electron chi connectivity index (χ4n) is 3.67. The average Bonchev–Trinajstić information content (AvgIpc) is 2.75. The van der Waals surface area contributed by atoms with Crippen LogP contribution in [0.1, 0.15) is 42.6 Å². The van der Waals surface area contributed by atoms with Crippen LogP contribution in [0.3, 0.4) is 0 Å². The molecule has 31 heavy (non-hydrogen) atoms.